The second-order valence-electron chi connectivity index (χ2n) is 4.43. The van der Waals surface area contributed by atoms with Gasteiger partial charge >= 0.3 is 0 Å². The Labute approximate surface area is 96.6 Å². The van der Waals surface area contributed by atoms with E-state index in [4.69, 9.17) is 11.7 Å². The molecule has 1 saturated heterocycles. The van der Waals surface area contributed by atoms with Crippen LogP contribution in [0.1, 0.15) is 19.8 Å². The molecule has 0 spiro atoms. The van der Waals surface area contributed by atoms with Crippen molar-refractivity contribution in [2.45, 2.75) is 19.8 Å². The second kappa shape index (κ2) is 5.53. The molecule has 0 atom stereocenters. The Hall–Kier alpha value is -1.52. The standard InChI is InChI=1S/C12H17N3O/c1-3-6-14-11(16)9-15-7-4-12(2,10-13)5-8-15/h1H,4-9H2,2H3,(H,14,16). The summed E-state index contributed by atoms with van der Waals surface area (Å²) in [6.45, 7) is 4.23. The number of nitrogens with one attached hydrogen (secondary N) is 1. The van der Waals surface area contributed by atoms with Crippen LogP contribution in [0.3, 0.4) is 0 Å². The molecule has 86 valence electrons. The molecule has 0 aromatic rings. The molecule has 1 heterocycles. The van der Waals surface area contributed by atoms with Gasteiger partial charge in [0.05, 0.1) is 24.6 Å². The van der Waals surface area contributed by atoms with Crippen LogP contribution in [0.15, 0.2) is 0 Å². The van der Waals surface area contributed by atoms with Crippen LogP contribution in [0.5, 0.6) is 0 Å². The highest BCUT2D eigenvalue weighted by Gasteiger charge is 2.30. The largest absolute Gasteiger partial charge is 0.344 e. The molecule has 16 heavy (non-hydrogen) atoms. The molecule has 1 N–H and O–H groups in total. The van der Waals surface area contributed by atoms with Crippen LogP contribution in [-0.2, 0) is 4.79 Å². The minimum absolute atomic E-state index is 0.0430. The van der Waals surface area contributed by atoms with E-state index in [1.54, 1.807) is 0 Å². The molecular weight excluding hydrogens is 202 g/mol. The number of hydrogen-bond donors (Lipinski definition) is 1. The summed E-state index contributed by atoms with van der Waals surface area (Å²) in [6.07, 6.45) is 6.70. The van der Waals surface area contributed by atoms with Crippen molar-refractivity contribution in [1.29, 1.82) is 5.26 Å². The smallest absolute Gasteiger partial charge is 0.234 e. The fraction of sp³-hybridized carbons (Fsp3) is 0.667. The van der Waals surface area contributed by atoms with E-state index < -0.39 is 0 Å². The van der Waals surface area contributed by atoms with E-state index in [0.717, 1.165) is 25.9 Å². The van der Waals surface area contributed by atoms with Gasteiger partial charge in [0.2, 0.25) is 5.91 Å². The molecule has 0 bridgehead atoms. The zero-order valence-corrected chi connectivity index (χ0v) is 9.62. The average molecular weight is 219 g/mol. The maximum atomic E-state index is 11.4. The van der Waals surface area contributed by atoms with Gasteiger partial charge in [0, 0.05) is 13.1 Å². The van der Waals surface area contributed by atoms with E-state index in [9.17, 15) is 4.79 Å². The number of carbonyl (C=O) groups is 1. The third-order valence-electron chi connectivity index (χ3n) is 2.98. The summed E-state index contributed by atoms with van der Waals surface area (Å²) in [6, 6.07) is 2.33. The van der Waals surface area contributed by atoms with Crippen molar-refractivity contribution in [2.24, 2.45) is 5.41 Å². The lowest BCUT2D eigenvalue weighted by Gasteiger charge is -2.34. The van der Waals surface area contributed by atoms with Gasteiger partial charge in [0.15, 0.2) is 0 Å². The summed E-state index contributed by atoms with van der Waals surface area (Å²) in [7, 11) is 0. The molecule has 0 aromatic carbocycles. The summed E-state index contributed by atoms with van der Waals surface area (Å²) < 4.78 is 0. The van der Waals surface area contributed by atoms with Gasteiger partial charge in [-0.2, -0.15) is 5.26 Å². The molecule has 0 radical (unpaired) electrons. The van der Waals surface area contributed by atoms with Crippen LogP contribution >= 0.6 is 0 Å². The first-order valence-corrected chi connectivity index (χ1v) is 5.43. The average Bonchev–Trinajstić information content (AvgIpc) is 2.30. The Kier molecular flexibility index (Phi) is 4.34. The number of hydrogen-bond acceptors (Lipinski definition) is 3. The first-order chi connectivity index (χ1) is 7.59. The minimum atomic E-state index is -0.216. The molecule has 4 heteroatoms. The number of carbonyl (C=O) groups excluding carboxylic acids is 1. The number of rotatable bonds is 3. The number of terminal acetylenes is 1. The highest BCUT2D eigenvalue weighted by atomic mass is 16.2. The fourth-order valence-electron chi connectivity index (χ4n) is 1.73. The lowest BCUT2D eigenvalue weighted by molar-refractivity contribution is -0.122. The zero-order chi connectivity index (χ0) is 12.0. The van der Waals surface area contributed by atoms with Crippen molar-refractivity contribution < 1.29 is 4.79 Å². The number of nitrogens with zero attached hydrogens (tertiary/aromatic N) is 2. The molecule has 1 aliphatic rings. The SMILES string of the molecule is C#CCNC(=O)CN1CCC(C)(C#N)CC1. The van der Waals surface area contributed by atoms with Crippen LogP contribution in [-0.4, -0.2) is 37.0 Å². The Bertz CT molecular complexity index is 329. The maximum Gasteiger partial charge on any atom is 0.234 e. The molecule has 1 rings (SSSR count). The summed E-state index contributed by atoms with van der Waals surface area (Å²) in [5, 5.41) is 11.6. The van der Waals surface area contributed by atoms with E-state index in [-0.39, 0.29) is 17.9 Å². The monoisotopic (exact) mass is 219 g/mol. The Morgan fingerprint density at radius 2 is 2.19 bits per heavy atom. The molecule has 0 saturated carbocycles. The first-order valence-electron chi connectivity index (χ1n) is 5.43. The fourth-order valence-corrected chi connectivity index (χ4v) is 1.73. The number of piperidine rings is 1. The van der Waals surface area contributed by atoms with E-state index in [0.29, 0.717) is 6.54 Å². The summed E-state index contributed by atoms with van der Waals surface area (Å²) in [5.74, 6) is 2.32. The number of nitriles is 1. The number of likely N-dealkylation sites (tertiary alicyclic amines) is 1. The first kappa shape index (κ1) is 12.5. The van der Waals surface area contributed by atoms with Crippen molar-refractivity contribution >= 4 is 5.91 Å². The number of amides is 1. The molecule has 0 unspecified atom stereocenters. The molecule has 0 aromatic heterocycles. The molecule has 1 aliphatic heterocycles. The van der Waals surface area contributed by atoms with Crippen molar-refractivity contribution in [3.8, 4) is 18.4 Å². The van der Waals surface area contributed by atoms with E-state index >= 15 is 0 Å². The summed E-state index contributed by atoms with van der Waals surface area (Å²) in [5.41, 5.74) is -0.216. The van der Waals surface area contributed by atoms with Gasteiger partial charge in [-0.15, -0.1) is 6.42 Å². The van der Waals surface area contributed by atoms with Crippen LogP contribution in [0, 0.1) is 29.1 Å². The van der Waals surface area contributed by atoms with Crippen molar-refractivity contribution in [3.05, 3.63) is 0 Å². The van der Waals surface area contributed by atoms with E-state index in [1.165, 1.54) is 0 Å². The van der Waals surface area contributed by atoms with Gasteiger partial charge in [0.25, 0.3) is 0 Å². The van der Waals surface area contributed by atoms with Crippen LogP contribution < -0.4 is 5.32 Å². The normalized spacial score (nSPS) is 19.4. The summed E-state index contributed by atoms with van der Waals surface area (Å²) in [4.78, 5) is 13.4. The predicted octanol–water partition coefficient (Wildman–Crippen LogP) is 0.361. The van der Waals surface area contributed by atoms with E-state index in [1.807, 2.05) is 6.92 Å². The third-order valence-corrected chi connectivity index (χ3v) is 2.98. The van der Waals surface area contributed by atoms with Crippen LogP contribution in [0.4, 0.5) is 0 Å². The molecule has 1 amide bonds. The molecule has 4 nitrogen and oxygen atoms in total. The quantitative estimate of drug-likeness (QED) is 0.697. The van der Waals surface area contributed by atoms with Crippen molar-refractivity contribution in [1.82, 2.24) is 10.2 Å². The van der Waals surface area contributed by atoms with Gasteiger partial charge in [-0.05, 0) is 19.8 Å². The minimum Gasteiger partial charge on any atom is -0.344 e. The van der Waals surface area contributed by atoms with Gasteiger partial charge < -0.3 is 5.32 Å². The Morgan fingerprint density at radius 1 is 1.56 bits per heavy atom. The highest BCUT2D eigenvalue weighted by molar-refractivity contribution is 5.78. The zero-order valence-electron chi connectivity index (χ0n) is 9.62. The second-order valence-corrected chi connectivity index (χ2v) is 4.43. The molecule has 1 fully saturated rings. The van der Waals surface area contributed by atoms with Crippen molar-refractivity contribution in [3.63, 3.8) is 0 Å². The predicted molar refractivity (Wildman–Crippen MR) is 61.2 cm³/mol. The van der Waals surface area contributed by atoms with E-state index in [2.05, 4.69) is 22.2 Å². The Balaban J connectivity index is 2.31. The van der Waals surface area contributed by atoms with Crippen LogP contribution in [0.2, 0.25) is 0 Å². The third kappa shape index (κ3) is 3.56. The molecule has 0 aliphatic carbocycles. The Morgan fingerprint density at radius 3 is 2.69 bits per heavy atom. The molecular formula is C12H17N3O. The van der Waals surface area contributed by atoms with Crippen LogP contribution in [0.25, 0.3) is 0 Å². The highest BCUT2D eigenvalue weighted by Crippen LogP contribution is 2.29. The van der Waals surface area contributed by atoms with Gasteiger partial charge in [-0.3, -0.25) is 9.69 Å². The summed E-state index contributed by atoms with van der Waals surface area (Å²) >= 11 is 0. The van der Waals surface area contributed by atoms with Gasteiger partial charge in [0.1, 0.15) is 0 Å². The van der Waals surface area contributed by atoms with Gasteiger partial charge in [-0.1, -0.05) is 5.92 Å². The lowest BCUT2D eigenvalue weighted by Crippen LogP contribution is -2.43. The van der Waals surface area contributed by atoms with Gasteiger partial charge in [-0.25, -0.2) is 0 Å². The maximum absolute atomic E-state index is 11.4. The van der Waals surface area contributed by atoms with Crippen molar-refractivity contribution in [2.75, 3.05) is 26.2 Å². The lowest BCUT2D eigenvalue weighted by atomic mass is 9.82. The topological polar surface area (TPSA) is 56.1 Å².